The SMILES string of the molecule is CC/C=C\CCCCCCCCCCCOC(C)=O. The van der Waals surface area contributed by atoms with Crippen LogP contribution in [-0.2, 0) is 9.53 Å². The van der Waals surface area contributed by atoms with Gasteiger partial charge in [-0.15, -0.1) is 0 Å². The van der Waals surface area contributed by atoms with Gasteiger partial charge in [-0.1, -0.05) is 64.0 Å². The number of hydrogen-bond donors (Lipinski definition) is 0. The van der Waals surface area contributed by atoms with Crippen molar-refractivity contribution in [1.82, 2.24) is 0 Å². The second-order valence-electron chi connectivity index (χ2n) is 5.19. The molecule has 0 aliphatic carbocycles. The van der Waals surface area contributed by atoms with Gasteiger partial charge in [0.2, 0.25) is 0 Å². The van der Waals surface area contributed by atoms with E-state index in [0.717, 1.165) is 12.8 Å². The lowest BCUT2D eigenvalue weighted by Gasteiger charge is -2.03. The van der Waals surface area contributed by atoms with E-state index in [1.165, 1.54) is 64.7 Å². The molecule has 0 rings (SSSR count). The van der Waals surface area contributed by atoms with E-state index < -0.39 is 0 Å². The molecule has 0 atom stereocenters. The molecule has 0 saturated carbocycles. The average molecular weight is 268 g/mol. The van der Waals surface area contributed by atoms with Gasteiger partial charge in [0.15, 0.2) is 0 Å². The molecule has 0 heterocycles. The van der Waals surface area contributed by atoms with Crippen molar-refractivity contribution in [3.8, 4) is 0 Å². The topological polar surface area (TPSA) is 26.3 Å². The summed E-state index contributed by atoms with van der Waals surface area (Å²) >= 11 is 0. The predicted molar refractivity (Wildman–Crippen MR) is 82.2 cm³/mol. The lowest BCUT2D eigenvalue weighted by atomic mass is 10.1. The van der Waals surface area contributed by atoms with Crippen LogP contribution in [0.2, 0.25) is 0 Å². The van der Waals surface area contributed by atoms with Gasteiger partial charge in [-0.25, -0.2) is 0 Å². The quantitative estimate of drug-likeness (QED) is 0.253. The Kier molecular flexibility index (Phi) is 14.6. The van der Waals surface area contributed by atoms with Gasteiger partial charge in [0, 0.05) is 6.92 Å². The minimum Gasteiger partial charge on any atom is -0.466 e. The van der Waals surface area contributed by atoms with Crippen LogP contribution in [0.1, 0.15) is 84.5 Å². The van der Waals surface area contributed by atoms with Crippen molar-refractivity contribution in [2.75, 3.05) is 6.61 Å². The van der Waals surface area contributed by atoms with Gasteiger partial charge < -0.3 is 4.74 Å². The van der Waals surface area contributed by atoms with Crippen molar-refractivity contribution < 1.29 is 9.53 Å². The lowest BCUT2D eigenvalue weighted by Crippen LogP contribution is -2.00. The molecular formula is C17H32O2. The van der Waals surface area contributed by atoms with Crippen molar-refractivity contribution >= 4 is 5.97 Å². The third-order valence-electron chi connectivity index (χ3n) is 3.22. The number of carbonyl (C=O) groups excluding carboxylic acids is 1. The highest BCUT2D eigenvalue weighted by Crippen LogP contribution is 2.10. The molecule has 0 aromatic carbocycles. The second kappa shape index (κ2) is 15.3. The zero-order valence-corrected chi connectivity index (χ0v) is 13.0. The molecule has 0 aliphatic rings. The first kappa shape index (κ1) is 18.2. The van der Waals surface area contributed by atoms with Crippen LogP contribution in [0.15, 0.2) is 12.2 Å². The average Bonchev–Trinajstić information content (AvgIpc) is 2.39. The third-order valence-corrected chi connectivity index (χ3v) is 3.22. The number of unbranched alkanes of at least 4 members (excludes halogenated alkanes) is 9. The summed E-state index contributed by atoms with van der Waals surface area (Å²) in [6.45, 7) is 4.25. The Hall–Kier alpha value is -0.790. The van der Waals surface area contributed by atoms with Crippen molar-refractivity contribution in [3.05, 3.63) is 12.2 Å². The summed E-state index contributed by atoms with van der Waals surface area (Å²) in [5.74, 6) is -0.159. The smallest absolute Gasteiger partial charge is 0.302 e. The zero-order chi connectivity index (χ0) is 14.2. The highest BCUT2D eigenvalue weighted by atomic mass is 16.5. The molecule has 0 unspecified atom stereocenters. The van der Waals surface area contributed by atoms with E-state index in [2.05, 4.69) is 19.1 Å². The second-order valence-corrected chi connectivity index (χ2v) is 5.19. The Morgan fingerprint density at radius 1 is 0.842 bits per heavy atom. The number of hydrogen-bond acceptors (Lipinski definition) is 2. The Morgan fingerprint density at radius 2 is 1.37 bits per heavy atom. The van der Waals surface area contributed by atoms with Crippen LogP contribution in [0, 0.1) is 0 Å². The van der Waals surface area contributed by atoms with Gasteiger partial charge in [-0.05, 0) is 25.7 Å². The fraction of sp³-hybridized carbons (Fsp3) is 0.824. The van der Waals surface area contributed by atoms with Crippen LogP contribution in [0.3, 0.4) is 0 Å². The molecule has 0 aliphatic heterocycles. The van der Waals surface area contributed by atoms with E-state index in [0.29, 0.717) is 6.61 Å². The molecule has 2 nitrogen and oxygen atoms in total. The largest absolute Gasteiger partial charge is 0.466 e. The lowest BCUT2D eigenvalue weighted by molar-refractivity contribution is -0.141. The van der Waals surface area contributed by atoms with Crippen molar-refractivity contribution in [2.24, 2.45) is 0 Å². The van der Waals surface area contributed by atoms with E-state index in [1.54, 1.807) is 0 Å². The summed E-state index contributed by atoms with van der Waals surface area (Å²) in [5.41, 5.74) is 0. The summed E-state index contributed by atoms with van der Waals surface area (Å²) < 4.78 is 4.90. The number of rotatable bonds is 13. The summed E-state index contributed by atoms with van der Waals surface area (Å²) in [4.78, 5) is 10.5. The fourth-order valence-corrected chi connectivity index (χ4v) is 2.10. The van der Waals surface area contributed by atoms with Gasteiger partial charge in [-0.2, -0.15) is 0 Å². The molecule has 0 aromatic rings. The molecular weight excluding hydrogens is 236 g/mol. The first-order chi connectivity index (χ1) is 9.27. The third kappa shape index (κ3) is 17.2. The zero-order valence-electron chi connectivity index (χ0n) is 13.0. The normalized spacial score (nSPS) is 11.1. The summed E-state index contributed by atoms with van der Waals surface area (Å²) in [5, 5.41) is 0. The van der Waals surface area contributed by atoms with Crippen LogP contribution in [0.25, 0.3) is 0 Å². The molecule has 0 fully saturated rings. The van der Waals surface area contributed by atoms with E-state index in [-0.39, 0.29) is 5.97 Å². The Bertz CT molecular complexity index is 221. The summed E-state index contributed by atoms with van der Waals surface area (Å²) in [6, 6.07) is 0. The minimum absolute atomic E-state index is 0.159. The van der Waals surface area contributed by atoms with Crippen LogP contribution in [0.5, 0.6) is 0 Å². The van der Waals surface area contributed by atoms with E-state index in [9.17, 15) is 4.79 Å². The summed E-state index contributed by atoms with van der Waals surface area (Å²) in [7, 11) is 0. The van der Waals surface area contributed by atoms with Crippen LogP contribution in [-0.4, -0.2) is 12.6 Å². The Labute approximate surface area is 119 Å². The molecule has 2 heteroatoms. The fourth-order valence-electron chi connectivity index (χ4n) is 2.10. The van der Waals surface area contributed by atoms with Gasteiger partial charge in [-0.3, -0.25) is 4.79 Å². The first-order valence-corrected chi connectivity index (χ1v) is 8.05. The van der Waals surface area contributed by atoms with Gasteiger partial charge in [0.25, 0.3) is 0 Å². The Morgan fingerprint density at radius 3 is 1.89 bits per heavy atom. The molecule has 0 amide bonds. The van der Waals surface area contributed by atoms with Gasteiger partial charge in [0.05, 0.1) is 6.61 Å². The minimum atomic E-state index is -0.159. The first-order valence-electron chi connectivity index (χ1n) is 8.05. The number of esters is 1. The van der Waals surface area contributed by atoms with Crippen LogP contribution < -0.4 is 0 Å². The van der Waals surface area contributed by atoms with E-state index in [4.69, 9.17) is 4.74 Å². The molecule has 0 aromatic heterocycles. The predicted octanol–water partition coefficient (Wildman–Crippen LogP) is 5.42. The van der Waals surface area contributed by atoms with Crippen LogP contribution >= 0.6 is 0 Å². The van der Waals surface area contributed by atoms with E-state index in [1.807, 2.05) is 0 Å². The van der Waals surface area contributed by atoms with Crippen molar-refractivity contribution in [1.29, 1.82) is 0 Å². The number of carbonyl (C=O) groups is 1. The maximum Gasteiger partial charge on any atom is 0.302 e. The maximum absolute atomic E-state index is 10.5. The molecule has 19 heavy (non-hydrogen) atoms. The monoisotopic (exact) mass is 268 g/mol. The Balaban J connectivity index is 2.99. The van der Waals surface area contributed by atoms with Gasteiger partial charge in [0.1, 0.15) is 0 Å². The number of allylic oxidation sites excluding steroid dienone is 2. The van der Waals surface area contributed by atoms with Crippen molar-refractivity contribution in [2.45, 2.75) is 84.5 Å². The maximum atomic E-state index is 10.5. The number of ether oxygens (including phenoxy) is 1. The highest BCUT2D eigenvalue weighted by Gasteiger charge is 1.94. The van der Waals surface area contributed by atoms with Crippen LogP contribution in [0.4, 0.5) is 0 Å². The molecule has 0 N–H and O–H groups in total. The standard InChI is InChI=1S/C17H32O2/c1-3-4-5-6-7-8-9-10-11-12-13-14-15-16-19-17(2)18/h4-5H,3,6-16H2,1-2H3/b5-4-. The highest BCUT2D eigenvalue weighted by molar-refractivity contribution is 5.65. The summed E-state index contributed by atoms with van der Waals surface area (Å²) in [6.07, 6.45) is 18.6. The molecule has 0 spiro atoms. The molecule has 0 saturated heterocycles. The van der Waals surface area contributed by atoms with E-state index >= 15 is 0 Å². The molecule has 0 bridgehead atoms. The molecule has 0 radical (unpaired) electrons. The molecule has 112 valence electrons. The van der Waals surface area contributed by atoms with Gasteiger partial charge >= 0.3 is 5.97 Å². The van der Waals surface area contributed by atoms with Crippen molar-refractivity contribution in [3.63, 3.8) is 0 Å².